The van der Waals surface area contributed by atoms with Crippen LogP contribution in [0.4, 0.5) is 22.0 Å². The number of aromatic nitrogens is 5. The molecule has 0 N–H and O–H groups in total. The first-order valence-electron chi connectivity index (χ1n) is 9.38. The van der Waals surface area contributed by atoms with Gasteiger partial charge in [-0.25, -0.2) is 9.50 Å². The van der Waals surface area contributed by atoms with Crippen molar-refractivity contribution in [3.63, 3.8) is 0 Å². The Morgan fingerprint density at radius 3 is 2.29 bits per heavy atom. The first kappa shape index (κ1) is 22.6. The van der Waals surface area contributed by atoms with Crippen LogP contribution in [0.1, 0.15) is 45.8 Å². The van der Waals surface area contributed by atoms with Crippen molar-refractivity contribution in [2.24, 2.45) is 0 Å². The summed E-state index contributed by atoms with van der Waals surface area (Å²) in [5, 5.41) is 8.10. The van der Waals surface area contributed by atoms with E-state index < -0.39 is 23.7 Å². The average molecular weight is 444 g/mol. The smallest absolute Gasteiger partial charge is 0.336 e. The van der Waals surface area contributed by atoms with Gasteiger partial charge in [-0.05, 0) is 33.8 Å². The summed E-state index contributed by atoms with van der Waals surface area (Å²) in [5.41, 5.74) is 0.397. The number of rotatable bonds is 5. The minimum Gasteiger partial charge on any atom is -0.336 e. The van der Waals surface area contributed by atoms with Gasteiger partial charge >= 0.3 is 12.1 Å². The Morgan fingerprint density at radius 2 is 1.74 bits per heavy atom. The topological polar surface area (TPSA) is 68.3 Å². The quantitative estimate of drug-likeness (QED) is 0.562. The molecule has 3 aromatic heterocycles. The first-order chi connectivity index (χ1) is 14.3. The van der Waals surface area contributed by atoms with Crippen LogP contribution in [0.25, 0.3) is 5.65 Å². The zero-order chi connectivity index (χ0) is 23.3. The summed E-state index contributed by atoms with van der Waals surface area (Å²) in [6.45, 7) is 7.70. The number of alkyl halides is 5. The largest absolute Gasteiger partial charge is 0.459 e. The van der Waals surface area contributed by atoms with Gasteiger partial charge in [-0.1, -0.05) is 0 Å². The molecular weight excluding hydrogens is 423 g/mol. The van der Waals surface area contributed by atoms with E-state index in [-0.39, 0.29) is 23.6 Å². The summed E-state index contributed by atoms with van der Waals surface area (Å²) in [4.78, 5) is 18.1. The summed E-state index contributed by atoms with van der Waals surface area (Å²) in [6, 6.07) is 1.70. The third-order valence-electron chi connectivity index (χ3n) is 5.02. The minimum atomic E-state index is -5.82. The van der Waals surface area contributed by atoms with Crippen LogP contribution < -0.4 is 0 Å². The van der Waals surface area contributed by atoms with E-state index in [2.05, 4.69) is 15.2 Å². The Kier molecular flexibility index (Phi) is 5.53. The molecule has 3 rings (SSSR count). The van der Waals surface area contributed by atoms with Gasteiger partial charge in [0.15, 0.2) is 11.3 Å². The zero-order valence-corrected chi connectivity index (χ0v) is 17.6. The van der Waals surface area contributed by atoms with Gasteiger partial charge in [0.1, 0.15) is 5.69 Å². The van der Waals surface area contributed by atoms with Crippen molar-refractivity contribution in [2.75, 3.05) is 7.05 Å². The lowest BCUT2D eigenvalue weighted by atomic mass is 10.2. The fourth-order valence-electron chi connectivity index (χ4n) is 3.35. The molecule has 0 spiro atoms. The molecule has 3 heterocycles. The highest BCUT2D eigenvalue weighted by Crippen LogP contribution is 2.43. The number of nitrogens with zero attached hydrogens (tertiary/aromatic N) is 6. The van der Waals surface area contributed by atoms with E-state index >= 15 is 0 Å². The first-order valence-corrected chi connectivity index (χ1v) is 9.38. The Morgan fingerprint density at radius 1 is 1.10 bits per heavy atom. The average Bonchev–Trinajstić information content (AvgIpc) is 3.21. The van der Waals surface area contributed by atoms with Crippen molar-refractivity contribution in [1.29, 1.82) is 0 Å². The van der Waals surface area contributed by atoms with Gasteiger partial charge in [-0.15, -0.1) is 0 Å². The lowest BCUT2D eigenvalue weighted by Gasteiger charge is -2.20. The maximum Gasteiger partial charge on any atom is 0.459 e. The second kappa shape index (κ2) is 7.57. The monoisotopic (exact) mass is 444 g/mol. The van der Waals surface area contributed by atoms with Crippen LogP contribution in [0, 0.1) is 20.8 Å². The zero-order valence-electron chi connectivity index (χ0n) is 17.6. The van der Waals surface area contributed by atoms with Crippen molar-refractivity contribution in [3.05, 3.63) is 46.2 Å². The molecule has 0 aromatic carbocycles. The van der Waals surface area contributed by atoms with Crippen molar-refractivity contribution < 1.29 is 26.7 Å². The molecule has 31 heavy (non-hydrogen) atoms. The van der Waals surface area contributed by atoms with E-state index in [1.54, 1.807) is 11.6 Å². The Labute approximate surface area is 174 Å². The van der Waals surface area contributed by atoms with Crippen molar-refractivity contribution >= 4 is 11.6 Å². The molecule has 1 amide bonds. The highest BCUT2D eigenvalue weighted by molar-refractivity contribution is 5.93. The van der Waals surface area contributed by atoms with Crippen LogP contribution in [0.5, 0.6) is 0 Å². The van der Waals surface area contributed by atoms with Gasteiger partial charge in [0, 0.05) is 43.2 Å². The molecule has 0 radical (unpaired) electrons. The van der Waals surface area contributed by atoms with Gasteiger partial charge in [-0.2, -0.15) is 32.1 Å². The van der Waals surface area contributed by atoms with Gasteiger partial charge in [0.2, 0.25) is 0 Å². The molecule has 168 valence electrons. The van der Waals surface area contributed by atoms with Crippen LogP contribution in [0.2, 0.25) is 0 Å². The molecule has 12 heteroatoms. The van der Waals surface area contributed by atoms with Crippen molar-refractivity contribution in [2.45, 2.75) is 52.9 Å². The second-order valence-corrected chi connectivity index (χ2v) is 7.28. The van der Waals surface area contributed by atoms with Crippen LogP contribution in [0.3, 0.4) is 0 Å². The third kappa shape index (κ3) is 3.86. The molecule has 0 saturated carbocycles. The molecular formula is C19H21F5N6O. The second-order valence-electron chi connectivity index (χ2n) is 7.28. The van der Waals surface area contributed by atoms with Gasteiger partial charge in [0.25, 0.3) is 5.91 Å². The maximum absolute atomic E-state index is 14.0. The molecule has 0 aliphatic heterocycles. The molecule has 0 aliphatic rings. The Balaban J connectivity index is 1.99. The predicted octanol–water partition coefficient (Wildman–Crippen LogP) is 3.80. The van der Waals surface area contributed by atoms with Crippen molar-refractivity contribution in [1.82, 2.24) is 29.3 Å². The van der Waals surface area contributed by atoms with Gasteiger partial charge in [0.05, 0.1) is 5.69 Å². The maximum atomic E-state index is 14.0. The molecule has 7 nitrogen and oxygen atoms in total. The number of halogens is 5. The molecule has 0 aliphatic carbocycles. The molecule has 0 fully saturated rings. The minimum absolute atomic E-state index is 0.0584. The molecule has 3 aromatic rings. The number of aryl methyl sites for hydroxylation is 3. The number of hydrogen-bond donors (Lipinski definition) is 0. The van der Waals surface area contributed by atoms with E-state index in [0.29, 0.717) is 17.1 Å². The molecule has 0 unspecified atom stereocenters. The number of hydrogen-bond acceptors (Lipinski definition) is 4. The molecule has 0 bridgehead atoms. The van der Waals surface area contributed by atoms with E-state index in [1.807, 2.05) is 13.8 Å². The third-order valence-corrected chi connectivity index (χ3v) is 5.02. The summed E-state index contributed by atoms with van der Waals surface area (Å²) < 4.78 is 69.0. The van der Waals surface area contributed by atoms with E-state index in [9.17, 15) is 26.7 Å². The van der Waals surface area contributed by atoms with Gasteiger partial charge in [-0.3, -0.25) is 9.48 Å². The number of carbonyl (C=O) groups excluding carboxylic acids is 1. The lowest BCUT2D eigenvalue weighted by Crippen LogP contribution is -2.36. The van der Waals surface area contributed by atoms with E-state index in [4.69, 9.17) is 0 Å². The lowest BCUT2D eigenvalue weighted by molar-refractivity contribution is -0.291. The standard InChI is InChI=1S/C19H21F5N6O/c1-6-29-12(4)13(11(3)26-29)9-28(5)17(31)14-8-16-25-10(2)7-15(30(16)27-14)18(20,21)19(22,23)24/h7-8H,6,9H2,1-5H3. The Bertz CT molecular complexity index is 1150. The number of amides is 1. The fourth-order valence-corrected chi connectivity index (χ4v) is 3.35. The van der Waals surface area contributed by atoms with Crippen molar-refractivity contribution in [3.8, 4) is 0 Å². The normalized spacial score (nSPS) is 12.6. The number of fused-ring (bicyclic) bond motifs is 1. The summed E-state index contributed by atoms with van der Waals surface area (Å²) in [5.74, 6) is -5.81. The molecule has 0 saturated heterocycles. The van der Waals surface area contributed by atoms with Crippen LogP contribution in [-0.2, 0) is 19.0 Å². The van der Waals surface area contributed by atoms with Crippen LogP contribution in [-0.4, -0.2) is 48.4 Å². The Hall–Kier alpha value is -3.05. The SMILES string of the molecule is CCn1nc(C)c(CN(C)C(=O)c2cc3nc(C)cc(C(F)(F)C(F)(F)F)n3n2)c1C. The van der Waals surface area contributed by atoms with E-state index in [1.165, 1.54) is 18.9 Å². The highest BCUT2D eigenvalue weighted by Gasteiger charge is 2.60. The van der Waals surface area contributed by atoms with Crippen LogP contribution >= 0.6 is 0 Å². The fraction of sp³-hybridized carbons (Fsp3) is 0.474. The summed E-state index contributed by atoms with van der Waals surface area (Å²) >= 11 is 0. The molecule has 0 atom stereocenters. The van der Waals surface area contributed by atoms with E-state index in [0.717, 1.165) is 23.0 Å². The number of carbonyl (C=O) groups is 1. The predicted molar refractivity (Wildman–Crippen MR) is 101 cm³/mol. The van der Waals surface area contributed by atoms with Crippen LogP contribution in [0.15, 0.2) is 12.1 Å². The highest BCUT2D eigenvalue weighted by atomic mass is 19.4. The summed E-state index contributed by atoms with van der Waals surface area (Å²) in [7, 11) is 1.48. The van der Waals surface area contributed by atoms with Gasteiger partial charge < -0.3 is 4.90 Å². The summed E-state index contributed by atoms with van der Waals surface area (Å²) in [6.07, 6.45) is -5.82.